The van der Waals surface area contributed by atoms with Gasteiger partial charge in [0.1, 0.15) is 11.1 Å². The molecule has 0 heterocycles. The molecule has 0 fully saturated rings. The van der Waals surface area contributed by atoms with Crippen LogP contribution in [0.15, 0.2) is 45.7 Å². The highest BCUT2D eigenvalue weighted by Crippen LogP contribution is 2.14. The molecule has 0 amide bonds. The number of nitriles is 1. The molecular formula is C9H6ClNO2S. The minimum Gasteiger partial charge on any atom is -0.219 e. The summed E-state index contributed by atoms with van der Waals surface area (Å²) in [6.07, 6.45) is 0. The van der Waals surface area contributed by atoms with E-state index in [1.807, 2.05) is 0 Å². The van der Waals surface area contributed by atoms with Crippen molar-refractivity contribution < 1.29 is 8.42 Å². The molecule has 1 aromatic carbocycles. The Balaban J connectivity index is 3.19. The van der Waals surface area contributed by atoms with Gasteiger partial charge in [0.05, 0.1) is 10.3 Å². The van der Waals surface area contributed by atoms with Crippen molar-refractivity contribution >= 4 is 21.4 Å². The molecule has 0 unspecified atom stereocenters. The minimum atomic E-state index is -3.59. The second-order valence-corrected chi connectivity index (χ2v) is 4.64. The van der Waals surface area contributed by atoms with Crippen LogP contribution in [0.25, 0.3) is 0 Å². The molecule has 0 atom stereocenters. The van der Waals surface area contributed by atoms with E-state index in [-0.39, 0.29) is 9.93 Å². The van der Waals surface area contributed by atoms with Gasteiger partial charge in [-0.15, -0.1) is 0 Å². The highest BCUT2D eigenvalue weighted by Gasteiger charge is 2.10. The molecule has 0 spiro atoms. The number of halogens is 1. The van der Waals surface area contributed by atoms with Crippen LogP contribution in [0, 0.1) is 11.3 Å². The Kier molecular flexibility index (Phi) is 3.28. The molecule has 1 rings (SSSR count). The maximum absolute atomic E-state index is 11.5. The maximum atomic E-state index is 11.5. The first-order valence-corrected chi connectivity index (χ1v) is 5.56. The van der Waals surface area contributed by atoms with E-state index in [4.69, 9.17) is 16.9 Å². The van der Waals surface area contributed by atoms with Crippen molar-refractivity contribution in [2.75, 3.05) is 0 Å². The summed E-state index contributed by atoms with van der Waals surface area (Å²) in [5.41, 5.74) is 0. The van der Waals surface area contributed by atoms with Gasteiger partial charge in [0.2, 0.25) is 9.84 Å². The van der Waals surface area contributed by atoms with E-state index in [1.54, 1.807) is 18.2 Å². The SMILES string of the molecule is N#CC(Cl)=CS(=O)(=O)c1ccccc1. The fraction of sp³-hybridized carbons (Fsp3) is 0. The van der Waals surface area contributed by atoms with Gasteiger partial charge in [-0.3, -0.25) is 0 Å². The van der Waals surface area contributed by atoms with Crippen molar-refractivity contribution in [3.8, 4) is 6.07 Å². The summed E-state index contributed by atoms with van der Waals surface area (Å²) < 4.78 is 23.0. The molecular weight excluding hydrogens is 222 g/mol. The number of rotatable bonds is 2. The third-order valence-electron chi connectivity index (χ3n) is 1.44. The van der Waals surface area contributed by atoms with Crippen LogP contribution in [-0.4, -0.2) is 8.42 Å². The lowest BCUT2D eigenvalue weighted by Gasteiger charge is -1.96. The van der Waals surface area contributed by atoms with Crippen molar-refractivity contribution in [1.82, 2.24) is 0 Å². The lowest BCUT2D eigenvalue weighted by atomic mass is 10.4. The molecule has 0 aliphatic carbocycles. The monoisotopic (exact) mass is 227 g/mol. The van der Waals surface area contributed by atoms with Crippen LogP contribution >= 0.6 is 11.6 Å². The molecule has 14 heavy (non-hydrogen) atoms. The normalized spacial score (nSPS) is 12.1. The summed E-state index contributed by atoms with van der Waals surface area (Å²) in [6, 6.07) is 9.31. The molecule has 0 saturated heterocycles. The average Bonchev–Trinajstić information content (AvgIpc) is 2.18. The second-order valence-electron chi connectivity index (χ2n) is 2.44. The molecule has 72 valence electrons. The lowest BCUT2D eigenvalue weighted by molar-refractivity contribution is 0.604. The Morgan fingerprint density at radius 3 is 2.43 bits per heavy atom. The molecule has 0 aliphatic heterocycles. The van der Waals surface area contributed by atoms with Crippen LogP contribution in [0.1, 0.15) is 0 Å². The van der Waals surface area contributed by atoms with Crippen LogP contribution < -0.4 is 0 Å². The minimum absolute atomic E-state index is 0.119. The fourth-order valence-corrected chi connectivity index (χ4v) is 2.19. The van der Waals surface area contributed by atoms with Gasteiger partial charge >= 0.3 is 0 Å². The predicted octanol–water partition coefficient (Wildman–Crippen LogP) is 2.06. The number of benzene rings is 1. The van der Waals surface area contributed by atoms with E-state index >= 15 is 0 Å². The Bertz CT molecular complexity index is 485. The smallest absolute Gasteiger partial charge is 0.201 e. The standard InChI is InChI=1S/C9H6ClNO2S/c10-8(6-11)7-14(12,13)9-4-2-1-3-5-9/h1-5,7H. The molecule has 1 aromatic rings. The van der Waals surface area contributed by atoms with Crippen LogP contribution in [0.3, 0.4) is 0 Å². The fourth-order valence-electron chi connectivity index (χ4n) is 0.841. The maximum Gasteiger partial charge on any atom is 0.201 e. The highest BCUT2D eigenvalue weighted by atomic mass is 35.5. The molecule has 0 aliphatic rings. The molecule has 0 aromatic heterocycles. The summed E-state index contributed by atoms with van der Waals surface area (Å²) in [4.78, 5) is 0.119. The van der Waals surface area contributed by atoms with Crippen molar-refractivity contribution in [2.45, 2.75) is 4.90 Å². The van der Waals surface area contributed by atoms with Gasteiger partial charge in [-0.05, 0) is 12.1 Å². The Morgan fingerprint density at radius 1 is 1.36 bits per heavy atom. The number of allylic oxidation sites excluding steroid dienone is 1. The first-order valence-electron chi connectivity index (χ1n) is 3.64. The third-order valence-corrected chi connectivity index (χ3v) is 3.24. The molecule has 0 radical (unpaired) electrons. The molecule has 0 N–H and O–H groups in total. The zero-order valence-electron chi connectivity index (χ0n) is 7.01. The summed E-state index contributed by atoms with van der Waals surface area (Å²) in [5.74, 6) is 0. The zero-order chi connectivity index (χ0) is 10.6. The van der Waals surface area contributed by atoms with E-state index in [1.165, 1.54) is 18.2 Å². The molecule has 3 nitrogen and oxygen atoms in total. The highest BCUT2D eigenvalue weighted by molar-refractivity contribution is 7.94. The van der Waals surface area contributed by atoms with Crippen LogP contribution in [0.4, 0.5) is 0 Å². The number of sulfone groups is 1. The van der Waals surface area contributed by atoms with E-state index < -0.39 is 9.84 Å². The third kappa shape index (κ3) is 2.59. The summed E-state index contributed by atoms with van der Waals surface area (Å²) in [5, 5.41) is 8.72. The summed E-state index contributed by atoms with van der Waals surface area (Å²) >= 11 is 5.32. The van der Waals surface area contributed by atoms with Gasteiger partial charge in [0, 0.05) is 0 Å². The zero-order valence-corrected chi connectivity index (χ0v) is 8.59. The van der Waals surface area contributed by atoms with E-state index in [2.05, 4.69) is 0 Å². The second kappa shape index (κ2) is 4.27. The first kappa shape index (κ1) is 10.8. The van der Waals surface area contributed by atoms with Gasteiger partial charge in [0.15, 0.2) is 0 Å². The van der Waals surface area contributed by atoms with E-state index in [9.17, 15) is 8.42 Å². The van der Waals surface area contributed by atoms with Gasteiger partial charge in [-0.2, -0.15) is 5.26 Å². The number of nitrogens with zero attached hydrogens (tertiary/aromatic N) is 1. The van der Waals surface area contributed by atoms with E-state index in [0.717, 1.165) is 5.41 Å². The average molecular weight is 228 g/mol. The van der Waals surface area contributed by atoms with E-state index in [0.29, 0.717) is 0 Å². The van der Waals surface area contributed by atoms with Crippen molar-refractivity contribution in [3.05, 3.63) is 40.8 Å². The quantitative estimate of drug-likeness (QED) is 0.727. The van der Waals surface area contributed by atoms with Crippen molar-refractivity contribution in [1.29, 1.82) is 5.26 Å². The van der Waals surface area contributed by atoms with Gasteiger partial charge in [-0.25, -0.2) is 8.42 Å². The van der Waals surface area contributed by atoms with Crippen LogP contribution in [0.5, 0.6) is 0 Å². The van der Waals surface area contributed by atoms with Crippen LogP contribution in [-0.2, 0) is 9.84 Å². The summed E-state index contributed by atoms with van der Waals surface area (Å²) in [7, 11) is -3.59. The van der Waals surface area contributed by atoms with Crippen molar-refractivity contribution in [2.24, 2.45) is 0 Å². The summed E-state index contributed by atoms with van der Waals surface area (Å²) in [6.45, 7) is 0. The van der Waals surface area contributed by atoms with Gasteiger partial charge < -0.3 is 0 Å². The Labute approximate surface area is 87.2 Å². The predicted molar refractivity (Wildman–Crippen MR) is 53.2 cm³/mol. The van der Waals surface area contributed by atoms with Gasteiger partial charge in [0.25, 0.3) is 0 Å². The van der Waals surface area contributed by atoms with Crippen LogP contribution in [0.2, 0.25) is 0 Å². The number of hydrogen-bond acceptors (Lipinski definition) is 3. The topological polar surface area (TPSA) is 57.9 Å². The largest absolute Gasteiger partial charge is 0.219 e. The van der Waals surface area contributed by atoms with Crippen molar-refractivity contribution in [3.63, 3.8) is 0 Å². The van der Waals surface area contributed by atoms with Gasteiger partial charge in [-0.1, -0.05) is 29.8 Å². The lowest BCUT2D eigenvalue weighted by Crippen LogP contribution is -1.95. The molecule has 0 saturated carbocycles. The first-order chi connectivity index (χ1) is 6.56. The molecule has 5 heteroatoms. The Morgan fingerprint density at radius 2 is 1.93 bits per heavy atom. The Hall–Kier alpha value is -1.31. The molecule has 0 bridgehead atoms. The number of hydrogen-bond donors (Lipinski definition) is 0.